The number of hydrogen-bond donors (Lipinski definition) is 2. The lowest BCUT2D eigenvalue weighted by Gasteiger charge is -2.10. The molecule has 0 bridgehead atoms. The second-order valence-corrected chi connectivity index (χ2v) is 6.46. The summed E-state index contributed by atoms with van der Waals surface area (Å²) in [6.07, 6.45) is 1.68. The first-order chi connectivity index (χ1) is 13.0. The summed E-state index contributed by atoms with van der Waals surface area (Å²) in [5.41, 5.74) is 1.57. The summed E-state index contributed by atoms with van der Waals surface area (Å²) < 4.78 is 14.6. The Hall–Kier alpha value is -3.03. The van der Waals surface area contributed by atoms with Crippen LogP contribution in [0.25, 0.3) is 5.65 Å². The Balaban J connectivity index is 1.64. The minimum atomic E-state index is -0.259. The van der Waals surface area contributed by atoms with Crippen molar-refractivity contribution in [1.29, 1.82) is 0 Å². The molecular weight excluding hydrogens is 347 g/mol. The Morgan fingerprint density at radius 2 is 1.96 bits per heavy atom. The van der Waals surface area contributed by atoms with Crippen LogP contribution in [0.3, 0.4) is 0 Å². The second-order valence-electron chi connectivity index (χ2n) is 6.46. The lowest BCUT2D eigenvalue weighted by molar-refractivity contribution is -0.121. The molecule has 27 heavy (non-hydrogen) atoms. The summed E-state index contributed by atoms with van der Waals surface area (Å²) in [5, 5.41) is 18.9. The van der Waals surface area contributed by atoms with E-state index in [1.165, 1.54) is 12.1 Å². The van der Waals surface area contributed by atoms with Gasteiger partial charge in [0.05, 0.1) is 0 Å². The number of nitrogens with zero attached hydrogens (tertiary/aromatic N) is 4. The number of rotatable bonds is 8. The van der Waals surface area contributed by atoms with Crippen LogP contribution in [-0.2, 0) is 17.8 Å². The van der Waals surface area contributed by atoms with Gasteiger partial charge in [-0.05, 0) is 43.2 Å². The number of benzene rings is 1. The molecule has 0 aliphatic heterocycles. The second kappa shape index (κ2) is 8.57. The van der Waals surface area contributed by atoms with E-state index in [0.717, 1.165) is 12.0 Å². The summed E-state index contributed by atoms with van der Waals surface area (Å²) in [6, 6.07) is 10.1. The quantitative estimate of drug-likeness (QED) is 0.637. The Labute approximate surface area is 157 Å². The summed E-state index contributed by atoms with van der Waals surface area (Å²) in [4.78, 5) is 12.0. The number of amides is 1. The molecule has 0 aliphatic carbocycles. The molecule has 0 unspecified atom stereocenters. The number of aromatic nitrogens is 4. The number of anilines is 1. The lowest BCUT2D eigenvalue weighted by atomic mass is 10.2. The van der Waals surface area contributed by atoms with Gasteiger partial charge in [0.1, 0.15) is 11.6 Å². The molecule has 8 heteroatoms. The normalized spacial score (nSPS) is 12.1. The largest absolute Gasteiger partial charge is 0.365 e. The fraction of sp³-hybridized carbons (Fsp3) is 0.368. The molecule has 0 spiro atoms. The predicted octanol–water partition coefficient (Wildman–Crippen LogP) is 2.72. The van der Waals surface area contributed by atoms with E-state index in [4.69, 9.17) is 0 Å². The highest BCUT2D eigenvalue weighted by atomic mass is 19.1. The molecule has 0 fully saturated rings. The van der Waals surface area contributed by atoms with Crippen LogP contribution >= 0.6 is 0 Å². The van der Waals surface area contributed by atoms with E-state index in [2.05, 4.69) is 25.9 Å². The van der Waals surface area contributed by atoms with Crippen molar-refractivity contribution in [1.82, 2.24) is 25.1 Å². The van der Waals surface area contributed by atoms with Crippen molar-refractivity contribution in [3.63, 3.8) is 0 Å². The average molecular weight is 370 g/mol. The van der Waals surface area contributed by atoms with Crippen LogP contribution in [-0.4, -0.2) is 31.8 Å². The first-order valence-electron chi connectivity index (χ1n) is 9.04. The summed E-state index contributed by atoms with van der Waals surface area (Å²) in [6.45, 7) is 4.53. The van der Waals surface area contributed by atoms with Crippen molar-refractivity contribution in [2.45, 2.75) is 45.7 Å². The van der Waals surface area contributed by atoms with Crippen molar-refractivity contribution >= 4 is 17.4 Å². The highest BCUT2D eigenvalue weighted by molar-refractivity contribution is 5.76. The SMILES string of the molecule is CC[C@@H](C)NC(=O)CCc1nnc2ccc(NCc3ccc(F)cc3)nn12. The van der Waals surface area contributed by atoms with Gasteiger partial charge in [0.2, 0.25) is 5.91 Å². The summed E-state index contributed by atoms with van der Waals surface area (Å²) >= 11 is 0. The Morgan fingerprint density at radius 1 is 1.19 bits per heavy atom. The maximum Gasteiger partial charge on any atom is 0.220 e. The number of fused-ring (bicyclic) bond motifs is 1. The molecule has 2 N–H and O–H groups in total. The van der Waals surface area contributed by atoms with Gasteiger partial charge in [-0.3, -0.25) is 4.79 Å². The standard InChI is InChI=1S/C19H23FN6O/c1-3-13(2)22-19(27)11-10-18-24-23-17-9-8-16(25-26(17)18)21-12-14-4-6-15(20)7-5-14/h4-9,13H,3,10-12H2,1-2H3,(H,21,25)(H,22,27)/t13-/m1/s1. The Kier molecular flexibility index (Phi) is 5.95. The van der Waals surface area contributed by atoms with Gasteiger partial charge in [-0.25, -0.2) is 4.39 Å². The number of carbonyl (C=O) groups excluding carboxylic acids is 1. The average Bonchev–Trinajstić information content (AvgIpc) is 3.08. The van der Waals surface area contributed by atoms with E-state index < -0.39 is 0 Å². The fourth-order valence-electron chi connectivity index (χ4n) is 2.55. The molecule has 0 aliphatic rings. The number of aryl methyl sites for hydroxylation is 1. The van der Waals surface area contributed by atoms with Crippen LogP contribution in [0.15, 0.2) is 36.4 Å². The van der Waals surface area contributed by atoms with Crippen molar-refractivity contribution in [3.8, 4) is 0 Å². The molecule has 2 aromatic heterocycles. The maximum absolute atomic E-state index is 13.0. The first kappa shape index (κ1) is 18.8. The molecular formula is C19H23FN6O. The molecule has 1 atom stereocenters. The molecule has 0 saturated carbocycles. The topological polar surface area (TPSA) is 84.2 Å². The third-order valence-corrected chi connectivity index (χ3v) is 4.31. The molecule has 142 valence electrons. The number of halogens is 1. The predicted molar refractivity (Wildman–Crippen MR) is 101 cm³/mol. The van der Waals surface area contributed by atoms with Gasteiger partial charge in [-0.1, -0.05) is 19.1 Å². The molecule has 3 rings (SSSR count). The van der Waals surface area contributed by atoms with Crippen LogP contribution in [0.5, 0.6) is 0 Å². The summed E-state index contributed by atoms with van der Waals surface area (Å²) in [7, 11) is 0. The fourth-order valence-corrected chi connectivity index (χ4v) is 2.55. The Morgan fingerprint density at radius 3 is 2.70 bits per heavy atom. The Bertz CT molecular complexity index is 908. The van der Waals surface area contributed by atoms with Crippen molar-refractivity contribution < 1.29 is 9.18 Å². The number of carbonyl (C=O) groups is 1. The van der Waals surface area contributed by atoms with Gasteiger partial charge < -0.3 is 10.6 Å². The summed E-state index contributed by atoms with van der Waals surface area (Å²) in [5.74, 6) is 1.02. The molecule has 0 saturated heterocycles. The minimum absolute atomic E-state index is 0.00769. The first-order valence-corrected chi connectivity index (χ1v) is 9.04. The highest BCUT2D eigenvalue weighted by Gasteiger charge is 2.11. The smallest absolute Gasteiger partial charge is 0.220 e. The van der Waals surface area contributed by atoms with Crippen LogP contribution in [0, 0.1) is 5.82 Å². The van der Waals surface area contributed by atoms with E-state index in [1.54, 1.807) is 16.6 Å². The monoisotopic (exact) mass is 370 g/mol. The molecule has 7 nitrogen and oxygen atoms in total. The van der Waals surface area contributed by atoms with Crippen LogP contribution < -0.4 is 10.6 Å². The third kappa shape index (κ3) is 4.99. The van der Waals surface area contributed by atoms with E-state index in [0.29, 0.717) is 36.7 Å². The third-order valence-electron chi connectivity index (χ3n) is 4.31. The van der Waals surface area contributed by atoms with Crippen molar-refractivity contribution in [2.24, 2.45) is 0 Å². The van der Waals surface area contributed by atoms with Crippen molar-refractivity contribution in [3.05, 3.63) is 53.6 Å². The van der Waals surface area contributed by atoms with Crippen LogP contribution in [0.1, 0.15) is 38.1 Å². The van der Waals surface area contributed by atoms with E-state index >= 15 is 0 Å². The van der Waals surface area contributed by atoms with Gasteiger partial charge >= 0.3 is 0 Å². The van der Waals surface area contributed by atoms with E-state index in [-0.39, 0.29) is 17.8 Å². The van der Waals surface area contributed by atoms with Gasteiger partial charge in [-0.2, -0.15) is 4.52 Å². The number of nitrogens with one attached hydrogen (secondary N) is 2. The molecule has 1 aromatic carbocycles. The van der Waals surface area contributed by atoms with E-state index in [9.17, 15) is 9.18 Å². The van der Waals surface area contributed by atoms with Crippen LogP contribution in [0.4, 0.5) is 10.2 Å². The van der Waals surface area contributed by atoms with Gasteiger partial charge in [0.15, 0.2) is 11.5 Å². The van der Waals surface area contributed by atoms with Crippen LogP contribution in [0.2, 0.25) is 0 Å². The molecule has 2 heterocycles. The number of hydrogen-bond acceptors (Lipinski definition) is 5. The zero-order valence-corrected chi connectivity index (χ0v) is 15.4. The lowest BCUT2D eigenvalue weighted by Crippen LogP contribution is -2.32. The molecule has 1 amide bonds. The maximum atomic E-state index is 13.0. The van der Waals surface area contributed by atoms with Gasteiger partial charge in [0, 0.05) is 25.4 Å². The minimum Gasteiger partial charge on any atom is -0.365 e. The zero-order valence-electron chi connectivity index (χ0n) is 15.4. The molecule has 3 aromatic rings. The van der Waals surface area contributed by atoms with Crippen molar-refractivity contribution in [2.75, 3.05) is 5.32 Å². The molecule has 0 radical (unpaired) electrons. The van der Waals surface area contributed by atoms with Gasteiger partial charge in [-0.15, -0.1) is 15.3 Å². The van der Waals surface area contributed by atoms with Gasteiger partial charge in [0.25, 0.3) is 0 Å². The zero-order chi connectivity index (χ0) is 19.2. The highest BCUT2D eigenvalue weighted by Crippen LogP contribution is 2.11. The van der Waals surface area contributed by atoms with E-state index in [1.807, 2.05) is 26.0 Å².